The molecule has 2 fully saturated rings. The predicted octanol–water partition coefficient (Wildman–Crippen LogP) is 5.44. The van der Waals surface area contributed by atoms with Crippen LogP contribution in [0.3, 0.4) is 0 Å². The second-order valence-electron chi connectivity index (χ2n) is 9.19. The number of carbonyl (C=O) groups is 1. The van der Waals surface area contributed by atoms with Crippen LogP contribution in [-0.2, 0) is 5.60 Å². The molecule has 1 aromatic rings. The number of hydrogen-bond donors (Lipinski definition) is 1. The minimum absolute atomic E-state index is 0.00116. The van der Waals surface area contributed by atoms with Crippen molar-refractivity contribution in [1.29, 1.82) is 5.26 Å². The summed E-state index contributed by atoms with van der Waals surface area (Å²) in [7, 11) is 0. The average Bonchev–Trinajstić information content (AvgIpc) is 3.60. The van der Waals surface area contributed by atoms with E-state index in [9.17, 15) is 9.90 Å². The summed E-state index contributed by atoms with van der Waals surface area (Å²) in [6, 6.07) is 9.39. The van der Waals surface area contributed by atoms with Gasteiger partial charge in [-0.05, 0) is 69.1 Å². The molecule has 1 N–H and O–H groups in total. The number of benzene rings is 1. The van der Waals surface area contributed by atoms with Crippen LogP contribution in [0, 0.1) is 17.2 Å². The van der Waals surface area contributed by atoms with E-state index in [0.717, 1.165) is 44.6 Å². The zero-order valence-electron chi connectivity index (χ0n) is 18.4. The molecule has 2 atom stereocenters. The van der Waals surface area contributed by atoms with E-state index < -0.39 is 11.3 Å². The lowest BCUT2D eigenvalue weighted by Gasteiger charge is -2.38. The molecular formula is C26H33FN2O2. The molecule has 1 amide bonds. The Kier molecular flexibility index (Phi) is 7.01. The van der Waals surface area contributed by atoms with Gasteiger partial charge in [0.2, 0.25) is 0 Å². The molecular weight excluding hydrogens is 391 g/mol. The molecule has 3 rings (SSSR count). The maximum absolute atomic E-state index is 15.3. The minimum Gasteiger partial charge on any atom is -0.382 e. The molecule has 2 aliphatic rings. The molecule has 166 valence electrons. The maximum Gasteiger partial charge on any atom is 0.254 e. The third kappa shape index (κ3) is 4.75. The van der Waals surface area contributed by atoms with Gasteiger partial charge in [0, 0.05) is 30.5 Å². The summed E-state index contributed by atoms with van der Waals surface area (Å²) in [6.07, 6.45) is 8.98. The zero-order valence-corrected chi connectivity index (χ0v) is 18.4. The van der Waals surface area contributed by atoms with Crippen molar-refractivity contribution in [3.8, 4) is 6.07 Å². The highest BCUT2D eigenvalue weighted by molar-refractivity contribution is 5.95. The zero-order chi connectivity index (χ0) is 22.6. The van der Waals surface area contributed by atoms with E-state index in [1.807, 2.05) is 4.90 Å². The lowest BCUT2D eigenvalue weighted by Crippen LogP contribution is -2.45. The van der Waals surface area contributed by atoms with E-state index in [-0.39, 0.29) is 18.4 Å². The summed E-state index contributed by atoms with van der Waals surface area (Å²) >= 11 is 0. The van der Waals surface area contributed by atoms with E-state index in [1.165, 1.54) is 13.0 Å². The van der Waals surface area contributed by atoms with Gasteiger partial charge in [0.05, 0.1) is 6.07 Å². The Morgan fingerprint density at radius 3 is 2.19 bits per heavy atom. The van der Waals surface area contributed by atoms with Gasteiger partial charge in [-0.2, -0.15) is 5.26 Å². The van der Waals surface area contributed by atoms with Crippen LogP contribution in [-0.4, -0.2) is 33.7 Å². The molecule has 0 bridgehead atoms. The van der Waals surface area contributed by atoms with Crippen molar-refractivity contribution in [2.45, 2.75) is 81.6 Å². The fourth-order valence-electron chi connectivity index (χ4n) is 4.76. The Hall–Kier alpha value is -2.45. The molecule has 1 aromatic carbocycles. The van der Waals surface area contributed by atoms with Crippen molar-refractivity contribution in [3.05, 3.63) is 60.7 Å². The topological polar surface area (TPSA) is 64.3 Å². The van der Waals surface area contributed by atoms with Gasteiger partial charge in [0.25, 0.3) is 5.91 Å². The molecule has 0 heterocycles. The van der Waals surface area contributed by atoms with Crippen LogP contribution in [0.25, 0.3) is 0 Å². The van der Waals surface area contributed by atoms with Gasteiger partial charge in [-0.25, -0.2) is 4.39 Å². The molecule has 4 nitrogen and oxygen atoms in total. The standard InChI is InChI=1S/C26H33FN2O2/c1-4-17-26(27,5-2)25(3,31)21-10-8-20(9-11-21)24(30)29(23-14-15-23)22-12-6-19(7-13-22)16-18-28/h4-5,8-11,19,22-23,31H,1-2,6-7,12-17H2,3H3/t19?,22?,25-,26?/m0/s1. The average molecular weight is 425 g/mol. The van der Waals surface area contributed by atoms with Gasteiger partial charge < -0.3 is 10.0 Å². The van der Waals surface area contributed by atoms with Crippen LogP contribution in [0.2, 0.25) is 0 Å². The fourth-order valence-corrected chi connectivity index (χ4v) is 4.76. The Morgan fingerprint density at radius 1 is 1.19 bits per heavy atom. The van der Waals surface area contributed by atoms with Gasteiger partial charge in [0.1, 0.15) is 5.60 Å². The predicted molar refractivity (Wildman–Crippen MR) is 120 cm³/mol. The van der Waals surface area contributed by atoms with E-state index in [1.54, 1.807) is 24.3 Å². The van der Waals surface area contributed by atoms with Crippen LogP contribution in [0.15, 0.2) is 49.6 Å². The van der Waals surface area contributed by atoms with E-state index >= 15 is 4.39 Å². The first-order valence-corrected chi connectivity index (χ1v) is 11.2. The Balaban J connectivity index is 1.76. The van der Waals surface area contributed by atoms with Crippen LogP contribution in [0.5, 0.6) is 0 Å². The number of allylic oxidation sites excluding steroid dienone is 1. The third-order valence-corrected chi connectivity index (χ3v) is 7.03. The highest BCUT2D eigenvalue weighted by Crippen LogP contribution is 2.40. The molecule has 0 aromatic heterocycles. The fraction of sp³-hybridized carbons (Fsp3) is 0.538. The SMILES string of the molecule is C=CCC(F)(C=C)[C@@](C)(O)c1ccc(C(=O)N(C2CCC(CC#N)CC2)C2CC2)cc1. The van der Waals surface area contributed by atoms with Crippen molar-refractivity contribution in [3.63, 3.8) is 0 Å². The highest BCUT2D eigenvalue weighted by atomic mass is 19.1. The van der Waals surface area contributed by atoms with Crippen molar-refractivity contribution < 1.29 is 14.3 Å². The Bertz CT molecular complexity index is 845. The summed E-state index contributed by atoms with van der Waals surface area (Å²) < 4.78 is 15.3. The van der Waals surface area contributed by atoms with Crippen molar-refractivity contribution in [2.24, 2.45) is 5.92 Å². The first-order valence-electron chi connectivity index (χ1n) is 11.2. The number of nitriles is 1. The number of hydrogen-bond acceptors (Lipinski definition) is 3. The number of halogens is 1. The summed E-state index contributed by atoms with van der Waals surface area (Å²) in [5.74, 6) is 0.444. The second kappa shape index (κ2) is 9.36. The molecule has 0 radical (unpaired) electrons. The largest absolute Gasteiger partial charge is 0.382 e. The van der Waals surface area contributed by atoms with Gasteiger partial charge in [0.15, 0.2) is 5.67 Å². The Labute approximate surface area is 185 Å². The number of nitrogens with zero attached hydrogens (tertiary/aromatic N) is 2. The number of amides is 1. The third-order valence-electron chi connectivity index (χ3n) is 7.03. The molecule has 2 aliphatic carbocycles. The summed E-state index contributed by atoms with van der Waals surface area (Å²) in [6.45, 7) is 8.54. The van der Waals surface area contributed by atoms with Crippen molar-refractivity contribution in [1.82, 2.24) is 4.90 Å². The summed E-state index contributed by atoms with van der Waals surface area (Å²) in [5, 5.41) is 19.9. The van der Waals surface area contributed by atoms with Gasteiger partial charge in [-0.15, -0.1) is 6.58 Å². The highest BCUT2D eigenvalue weighted by Gasteiger charge is 2.46. The molecule has 2 saturated carbocycles. The van der Waals surface area contributed by atoms with Crippen molar-refractivity contribution in [2.75, 3.05) is 0 Å². The van der Waals surface area contributed by atoms with Gasteiger partial charge >= 0.3 is 0 Å². The molecule has 5 heteroatoms. The van der Waals surface area contributed by atoms with Crippen LogP contribution >= 0.6 is 0 Å². The second-order valence-corrected chi connectivity index (χ2v) is 9.19. The monoisotopic (exact) mass is 424 g/mol. The lowest BCUT2D eigenvalue weighted by atomic mass is 9.78. The van der Waals surface area contributed by atoms with Crippen LogP contribution in [0.1, 0.15) is 74.2 Å². The molecule has 0 aliphatic heterocycles. The number of carbonyl (C=O) groups excluding carboxylic acids is 1. The van der Waals surface area contributed by atoms with Crippen LogP contribution in [0.4, 0.5) is 4.39 Å². The summed E-state index contributed by atoms with van der Waals surface area (Å²) in [5.41, 5.74) is -2.90. The number of alkyl halides is 1. The molecule has 31 heavy (non-hydrogen) atoms. The quantitative estimate of drug-likeness (QED) is 0.537. The van der Waals surface area contributed by atoms with E-state index in [2.05, 4.69) is 19.2 Å². The van der Waals surface area contributed by atoms with Crippen LogP contribution < -0.4 is 0 Å². The Morgan fingerprint density at radius 2 is 1.74 bits per heavy atom. The number of aliphatic hydroxyl groups is 1. The van der Waals surface area contributed by atoms with E-state index in [0.29, 0.717) is 29.5 Å². The maximum atomic E-state index is 15.3. The molecule has 1 unspecified atom stereocenters. The molecule has 0 spiro atoms. The van der Waals surface area contributed by atoms with Crippen molar-refractivity contribution >= 4 is 5.91 Å². The molecule has 0 saturated heterocycles. The lowest BCUT2D eigenvalue weighted by molar-refractivity contribution is -0.0677. The smallest absolute Gasteiger partial charge is 0.254 e. The number of rotatable bonds is 9. The van der Waals surface area contributed by atoms with E-state index in [4.69, 9.17) is 5.26 Å². The first kappa shape index (κ1) is 23.2. The minimum atomic E-state index is -2.05. The van der Waals surface area contributed by atoms with Gasteiger partial charge in [-0.3, -0.25) is 4.79 Å². The normalized spacial score (nSPS) is 24.8. The first-order chi connectivity index (χ1) is 14.8. The summed E-state index contributed by atoms with van der Waals surface area (Å²) in [4.78, 5) is 15.4. The van der Waals surface area contributed by atoms with Gasteiger partial charge in [-0.1, -0.05) is 30.9 Å².